The molecule has 0 aliphatic heterocycles. The predicted octanol–water partition coefficient (Wildman–Crippen LogP) is 3.26. The maximum absolute atomic E-state index is 12.0. The normalized spacial score (nSPS) is 10.9. The Morgan fingerprint density at radius 3 is 2.59 bits per heavy atom. The molecule has 0 aliphatic rings. The summed E-state index contributed by atoms with van der Waals surface area (Å²) in [5.41, 5.74) is 5.18. The molecule has 0 radical (unpaired) electrons. The molecule has 0 atom stereocenters. The molecule has 1 heterocycles. The van der Waals surface area contributed by atoms with Gasteiger partial charge in [0.05, 0.1) is 5.69 Å². The zero-order valence-corrected chi connectivity index (χ0v) is 14.9. The molecule has 0 saturated carbocycles. The number of benzene rings is 1. The van der Waals surface area contributed by atoms with Crippen molar-refractivity contribution in [3.05, 3.63) is 61.0 Å². The second-order valence-electron chi connectivity index (χ2n) is 5.35. The summed E-state index contributed by atoms with van der Waals surface area (Å²) in [6.45, 7) is 7.47. The van der Waals surface area contributed by atoms with Crippen LogP contribution in [0, 0.1) is 6.92 Å². The van der Waals surface area contributed by atoms with Crippen LogP contribution in [0.4, 0.5) is 0 Å². The summed E-state index contributed by atoms with van der Waals surface area (Å²) >= 11 is 3.55. The smallest absolute Gasteiger partial charge is 0.268 e. The minimum absolute atomic E-state index is 0.0911. The summed E-state index contributed by atoms with van der Waals surface area (Å²) in [6, 6.07) is 6.30. The van der Waals surface area contributed by atoms with E-state index in [4.69, 9.17) is 0 Å². The maximum Gasteiger partial charge on any atom is 0.268 e. The second kappa shape index (κ2) is 7.70. The van der Waals surface area contributed by atoms with Crippen LogP contribution < -0.4 is 10.9 Å². The largest absolute Gasteiger partial charge is 0.308 e. The molecule has 22 heavy (non-hydrogen) atoms. The van der Waals surface area contributed by atoms with Gasteiger partial charge in [-0.2, -0.15) is 5.10 Å². The van der Waals surface area contributed by atoms with Gasteiger partial charge >= 0.3 is 0 Å². The fourth-order valence-electron chi connectivity index (χ4n) is 2.54. The molecule has 0 saturated heterocycles. The average Bonchev–Trinajstić information content (AvgIpc) is 2.52. The summed E-state index contributed by atoms with van der Waals surface area (Å²) in [5, 5.41) is 10.1. The molecule has 0 aliphatic carbocycles. The highest BCUT2D eigenvalue weighted by Crippen LogP contribution is 2.17. The minimum atomic E-state index is -0.0911. The molecule has 2 N–H and O–H groups in total. The number of nitrogens with zero attached hydrogens (tertiary/aromatic N) is 1. The van der Waals surface area contributed by atoms with Crippen molar-refractivity contribution in [3.8, 4) is 0 Å². The van der Waals surface area contributed by atoms with E-state index in [0.717, 1.165) is 40.7 Å². The Bertz CT molecular complexity index is 710. The van der Waals surface area contributed by atoms with Crippen LogP contribution in [0.5, 0.6) is 0 Å². The van der Waals surface area contributed by atoms with E-state index in [0.29, 0.717) is 6.54 Å². The van der Waals surface area contributed by atoms with Gasteiger partial charge in [-0.25, -0.2) is 5.10 Å². The minimum Gasteiger partial charge on any atom is -0.308 e. The standard InChI is InChI=1S/C17H22BrN3O/c1-4-13-14(17(22)21-20-16(13)5-2)10-19-9-12-7-6-11(3)15(18)8-12/h6-8,19H,4-5,9-10H2,1-3H3,(H,21,22). The Morgan fingerprint density at radius 1 is 1.18 bits per heavy atom. The molecule has 0 bridgehead atoms. The van der Waals surface area contributed by atoms with Gasteiger partial charge in [-0.3, -0.25) is 4.79 Å². The third kappa shape index (κ3) is 3.84. The lowest BCUT2D eigenvalue weighted by Gasteiger charge is -2.11. The van der Waals surface area contributed by atoms with Crippen LogP contribution in [0.3, 0.4) is 0 Å². The third-order valence-electron chi connectivity index (χ3n) is 3.83. The third-order valence-corrected chi connectivity index (χ3v) is 4.69. The van der Waals surface area contributed by atoms with Crippen molar-refractivity contribution >= 4 is 15.9 Å². The summed E-state index contributed by atoms with van der Waals surface area (Å²) in [6.07, 6.45) is 1.66. The molecule has 1 aromatic carbocycles. The van der Waals surface area contributed by atoms with Crippen LogP contribution in [-0.2, 0) is 25.9 Å². The van der Waals surface area contributed by atoms with Crippen molar-refractivity contribution < 1.29 is 0 Å². The zero-order chi connectivity index (χ0) is 16.1. The van der Waals surface area contributed by atoms with E-state index in [2.05, 4.69) is 70.4 Å². The zero-order valence-electron chi connectivity index (χ0n) is 13.3. The van der Waals surface area contributed by atoms with Crippen LogP contribution >= 0.6 is 15.9 Å². The van der Waals surface area contributed by atoms with Crippen molar-refractivity contribution in [2.24, 2.45) is 0 Å². The first kappa shape index (κ1) is 16.9. The van der Waals surface area contributed by atoms with E-state index in [1.165, 1.54) is 11.1 Å². The van der Waals surface area contributed by atoms with Crippen molar-refractivity contribution in [2.45, 2.75) is 46.7 Å². The second-order valence-corrected chi connectivity index (χ2v) is 6.21. The number of aryl methyl sites for hydroxylation is 2. The van der Waals surface area contributed by atoms with Gasteiger partial charge in [-0.1, -0.05) is 41.9 Å². The maximum atomic E-state index is 12.0. The Hall–Kier alpha value is -1.46. The lowest BCUT2D eigenvalue weighted by molar-refractivity contribution is 0.671. The van der Waals surface area contributed by atoms with Gasteiger partial charge < -0.3 is 5.32 Å². The molecule has 118 valence electrons. The van der Waals surface area contributed by atoms with Crippen LogP contribution in [0.15, 0.2) is 27.5 Å². The number of aromatic amines is 1. The number of aromatic nitrogens is 2. The molecule has 2 aromatic rings. The Kier molecular flexibility index (Phi) is 5.91. The monoisotopic (exact) mass is 363 g/mol. The van der Waals surface area contributed by atoms with Crippen molar-refractivity contribution in [2.75, 3.05) is 0 Å². The summed E-state index contributed by atoms with van der Waals surface area (Å²) in [4.78, 5) is 12.0. The van der Waals surface area contributed by atoms with Gasteiger partial charge in [0.15, 0.2) is 0 Å². The van der Waals surface area contributed by atoms with Crippen LogP contribution in [0.2, 0.25) is 0 Å². The predicted molar refractivity (Wildman–Crippen MR) is 93.0 cm³/mol. The first-order valence-electron chi connectivity index (χ1n) is 7.61. The van der Waals surface area contributed by atoms with Crippen LogP contribution in [0.1, 0.15) is 41.8 Å². The summed E-state index contributed by atoms with van der Waals surface area (Å²) in [5.74, 6) is 0. The van der Waals surface area contributed by atoms with Gasteiger partial charge in [-0.05, 0) is 42.5 Å². The lowest BCUT2D eigenvalue weighted by atomic mass is 10.0. The average molecular weight is 364 g/mol. The van der Waals surface area contributed by atoms with E-state index >= 15 is 0 Å². The quantitative estimate of drug-likeness (QED) is 0.827. The molecule has 0 unspecified atom stereocenters. The van der Waals surface area contributed by atoms with E-state index in [9.17, 15) is 4.79 Å². The number of hydrogen-bond donors (Lipinski definition) is 2. The molecular weight excluding hydrogens is 342 g/mol. The molecular formula is C17H22BrN3O. The number of nitrogens with one attached hydrogen (secondary N) is 2. The Balaban J connectivity index is 2.11. The molecule has 5 heteroatoms. The lowest BCUT2D eigenvalue weighted by Crippen LogP contribution is -2.25. The van der Waals surface area contributed by atoms with E-state index in [1.54, 1.807) is 0 Å². The fraction of sp³-hybridized carbons (Fsp3) is 0.412. The number of halogens is 1. The van der Waals surface area contributed by atoms with Gasteiger partial charge in [0.25, 0.3) is 5.56 Å². The number of H-pyrrole nitrogens is 1. The Morgan fingerprint density at radius 2 is 1.95 bits per heavy atom. The first-order valence-corrected chi connectivity index (χ1v) is 8.41. The van der Waals surface area contributed by atoms with Crippen molar-refractivity contribution in [1.82, 2.24) is 15.5 Å². The molecule has 0 fully saturated rings. The molecule has 0 amide bonds. The highest BCUT2D eigenvalue weighted by Gasteiger charge is 2.11. The number of hydrogen-bond acceptors (Lipinski definition) is 3. The highest BCUT2D eigenvalue weighted by molar-refractivity contribution is 9.10. The highest BCUT2D eigenvalue weighted by atomic mass is 79.9. The Labute approximate surface area is 139 Å². The van der Waals surface area contributed by atoms with Gasteiger partial charge in [-0.15, -0.1) is 0 Å². The van der Waals surface area contributed by atoms with Crippen molar-refractivity contribution in [3.63, 3.8) is 0 Å². The van der Waals surface area contributed by atoms with E-state index in [1.807, 2.05) is 0 Å². The van der Waals surface area contributed by atoms with Gasteiger partial charge in [0.2, 0.25) is 0 Å². The van der Waals surface area contributed by atoms with E-state index in [-0.39, 0.29) is 5.56 Å². The topological polar surface area (TPSA) is 57.8 Å². The van der Waals surface area contributed by atoms with Crippen molar-refractivity contribution in [1.29, 1.82) is 0 Å². The van der Waals surface area contributed by atoms with E-state index < -0.39 is 0 Å². The number of rotatable bonds is 6. The SMILES string of the molecule is CCc1n[nH]c(=O)c(CNCc2ccc(C)c(Br)c2)c1CC. The molecule has 1 aromatic heterocycles. The van der Waals surface area contributed by atoms with Gasteiger partial charge in [0, 0.05) is 23.1 Å². The summed E-state index contributed by atoms with van der Waals surface area (Å²) in [7, 11) is 0. The van der Waals surface area contributed by atoms with Gasteiger partial charge in [0.1, 0.15) is 0 Å². The molecule has 0 spiro atoms. The molecule has 4 nitrogen and oxygen atoms in total. The van der Waals surface area contributed by atoms with Crippen LogP contribution in [0.25, 0.3) is 0 Å². The molecule has 2 rings (SSSR count). The summed E-state index contributed by atoms with van der Waals surface area (Å²) < 4.78 is 1.11. The van der Waals surface area contributed by atoms with Crippen LogP contribution in [-0.4, -0.2) is 10.2 Å². The first-order chi connectivity index (χ1) is 10.6. The fourth-order valence-corrected chi connectivity index (χ4v) is 2.97.